The van der Waals surface area contributed by atoms with Gasteiger partial charge in [-0.2, -0.15) is 5.10 Å². The molecule has 128 valence electrons. The van der Waals surface area contributed by atoms with Gasteiger partial charge in [-0.05, 0) is 42.8 Å². The molecule has 0 spiro atoms. The molecular weight excluding hydrogens is 363 g/mol. The maximum absolute atomic E-state index is 12.2. The predicted molar refractivity (Wildman–Crippen MR) is 96.2 cm³/mol. The number of carbonyl (C=O) groups excluding carboxylic acids is 1. The fourth-order valence-electron chi connectivity index (χ4n) is 2.09. The van der Waals surface area contributed by atoms with Crippen LogP contribution in [0, 0.1) is 6.92 Å². The van der Waals surface area contributed by atoms with Crippen molar-refractivity contribution < 1.29 is 9.53 Å². The number of aromatic nitrogens is 3. The number of nitrogens with zero attached hydrogens (tertiary/aromatic N) is 3. The number of hydrogen-bond donors (Lipinski definition) is 1. The molecule has 3 aromatic rings. The number of amides is 1. The average molecular weight is 377 g/mol. The van der Waals surface area contributed by atoms with Crippen molar-refractivity contribution in [3.63, 3.8) is 0 Å². The molecule has 1 aromatic carbocycles. The van der Waals surface area contributed by atoms with Crippen molar-refractivity contribution in [2.75, 3.05) is 5.32 Å². The van der Waals surface area contributed by atoms with Crippen molar-refractivity contribution in [3.8, 4) is 5.75 Å². The highest BCUT2D eigenvalue weighted by Crippen LogP contribution is 2.32. The number of carbonyl (C=O) groups is 1. The zero-order valence-corrected chi connectivity index (χ0v) is 14.8. The van der Waals surface area contributed by atoms with Gasteiger partial charge in [0.25, 0.3) is 5.91 Å². The van der Waals surface area contributed by atoms with E-state index in [0.717, 1.165) is 5.56 Å². The molecule has 0 aliphatic carbocycles. The van der Waals surface area contributed by atoms with E-state index >= 15 is 0 Å². The van der Waals surface area contributed by atoms with Gasteiger partial charge in [0.2, 0.25) is 0 Å². The number of rotatable bonds is 5. The van der Waals surface area contributed by atoms with Crippen LogP contribution < -0.4 is 10.1 Å². The van der Waals surface area contributed by atoms with Crippen LogP contribution in [0.1, 0.15) is 16.1 Å². The van der Waals surface area contributed by atoms with E-state index in [-0.39, 0.29) is 18.3 Å². The smallest absolute Gasteiger partial charge is 0.277 e. The molecule has 0 saturated heterocycles. The molecule has 6 nitrogen and oxygen atoms in total. The summed E-state index contributed by atoms with van der Waals surface area (Å²) in [6.07, 6.45) is 3.26. The van der Waals surface area contributed by atoms with Crippen molar-refractivity contribution in [2.24, 2.45) is 0 Å². The lowest BCUT2D eigenvalue weighted by Gasteiger charge is -2.09. The van der Waals surface area contributed by atoms with Crippen LogP contribution in [-0.2, 0) is 6.73 Å². The predicted octanol–water partition coefficient (Wildman–Crippen LogP) is 4.18. The van der Waals surface area contributed by atoms with Crippen molar-refractivity contribution in [3.05, 3.63) is 70.1 Å². The third-order valence-corrected chi connectivity index (χ3v) is 3.89. The molecular formula is C17H14Cl2N4O2. The number of pyridine rings is 1. The molecule has 0 fully saturated rings. The monoisotopic (exact) mass is 376 g/mol. The lowest BCUT2D eigenvalue weighted by molar-refractivity contribution is 0.102. The Labute approximate surface area is 154 Å². The largest absolute Gasteiger partial charge is 0.468 e. The van der Waals surface area contributed by atoms with Crippen LogP contribution in [0.4, 0.5) is 5.82 Å². The summed E-state index contributed by atoms with van der Waals surface area (Å²) in [5.41, 5.74) is 1.25. The molecule has 8 heteroatoms. The fourth-order valence-corrected chi connectivity index (χ4v) is 2.60. The highest BCUT2D eigenvalue weighted by Gasteiger charge is 2.12. The summed E-state index contributed by atoms with van der Waals surface area (Å²) in [7, 11) is 0. The Hall–Kier alpha value is -2.57. The summed E-state index contributed by atoms with van der Waals surface area (Å²) >= 11 is 12.1. The van der Waals surface area contributed by atoms with Crippen molar-refractivity contribution >= 4 is 34.9 Å². The van der Waals surface area contributed by atoms with E-state index in [1.165, 1.54) is 4.68 Å². The number of aryl methyl sites for hydroxylation is 1. The standard InChI is InChI=1S/C17H14Cl2N4O2/c1-11-5-7-20-15(9-11)21-17(24)14-6-8-23(22-14)10-25-16-12(18)3-2-4-13(16)19/h2-9H,10H2,1H3,(H,20,21,24). The number of nitrogens with one attached hydrogen (secondary N) is 1. The third-order valence-electron chi connectivity index (χ3n) is 3.29. The second-order valence-electron chi connectivity index (χ2n) is 5.24. The van der Waals surface area contributed by atoms with E-state index in [2.05, 4.69) is 15.4 Å². The van der Waals surface area contributed by atoms with Gasteiger partial charge in [-0.3, -0.25) is 4.79 Å². The first-order valence-corrected chi connectivity index (χ1v) is 8.13. The zero-order valence-electron chi connectivity index (χ0n) is 13.2. The summed E-state index contributed by atoms with van der Waals surface area (Å²) < 4.78 is 7.04. The van der Waals surface area contributed by atoms with Crippen LogP contribution in [0.2, 0.25) is 10.0 Å². The minimum Gasteiger partial charge on any atom is -0.468 e. The van der Waals surface area contributed by atoms with E-state index in [4.69, 9.17) is 27.9 Å². The molecule has 0 atom stereocenters. The molecule has 1 N–H and O–H groups in total. The Kier molecular flexibility index (Phi) is 5.21. The van der Waals surface area contributed by atoms with Crippen LogP contribution in [0.15, 0.2) is 48.8 Å². The van der Waals surface area contributed by atoms with E-state index in [1.807, 2.05) is 13.0 Å². The fraction of sp³-hybridized carbons (Fsp3) is 0.118. The molecule has 0 bridgehead atoms. The van der Waals surface area contributed by atoms with Crippen molar-refractivity contribution in [2.45, 2.75) is 13.7 Å². The minimum atomic E-state index is -0.354. The second kappa shape index (κ2) is 7.55. The number of hydrogen-bond acceptors (Lipinski definition) is 4. The number of para-hydroxylation sites is 1. The molecule has 1 amide bonds. The van der Waals surface area contributed by atoms with E-state index in [9.17, 15) is 4.79 Å². The minimum absolute atomic E-state index is 0.0689. The summed E-state index contributed by atoms with van der Waals surface area (Å²) in [6.45, 7) is 1.99. The van der Waals surface area contributed by atoms with Gasteiger partial charge < -0.3 is 10.1 Å². The first-order chi connectivity index (χ1) is 12.0. The molecule has 25 heavy (non-hydrogen) atoms. The van der Waals surface area contributed by atoms with Crippen LogP contribution in [0.25, 0.3) is 0 Å². The van der Waals surface area contributed by atoms with Crippen LogP contribution in [0.3, 0.4) is 0 Å². The molecule has 0 aliphatic rings. The van der Waals surface area contributed by atoms with E-state index in [0.29, 0.717) is 21.6 Å². The molecule has 3 rings (SSSR count). The quantitative estimate of drug-likeness (QED) is 0.724. The van der Waals surface area contributed by atoms with Gasteiger partial charge in [0, 0.05) is 12.4 Å². The highest BCUT2D eigenvalue weighted by atomic mass is 35.5. The van der Waals surface area contributed by atoms with E-state index < -0.39 is 0 Å². The molecule has 2 heterocycles. The maximum Gasteiger partial charge on any atom is 0.277 e. The SMILES string of the molecule is Cc1ccnc(NC(=O)c2ccn(COc3c(Cl)cccc3Cl)n2)c1. The average Bonchev–Trinajstić information content (AvgIpc) is 3.03. The Morgan fingerprint density at radius 2 is 2.00 bits per heavy atom. The topological polar surface area (TPSA) is 69.0 Å². The lowest BCUT2D eigenvalue weighted by atomic mass is 10.3. The number of halogens is 2. The van der Waals surface area contributed by atoms with E-state index in [1.54, 1.807) is 42.7 Å². The Morgan fingerprint density at radius 1 is 1.24 bits per heavy atom. The first-order valence-electron chi connectivity index (χ1n) is 7.37. The summed E-state index contributed by atoms with van der Waals surface area (Å²) in [5.74, 6) is 0.488. The molecule has 0 radical (unpaired) electrons. The molecule has 0 saturated carbocycles. The Balaban J connectivity index is 1.65. The zero-order chi connectivity index (χ0) is 17.8. The van der Waals surface area contributed by atoms with Gasteiger partial charge in [-0.15, -0.1) is 0 Å². The van der Waals surface area contributed by atoms with Crippen LogP contribution in [0.5, 0.6) is 5.75 Å². The third kappa shape index (κ3) is 4.29. The van der Waals surface area contributed by atoms with Gasteiger partial charge in [0.15, 0.2) is 18.2 Å². The second-order valence-corrected chi connectivity index (χ2v) is 6.05. The first kappa shape index (κ1) is 17.3. The van der Waals surface area contributed by atoms with Gasteiger partial charge in [0.1, 0.15) is 5.82 Å². The van der Waals surface area contributed by atoms with Crippen LogP contribution >= 0.6 is 23.2 Å². The molecule has 0 aliphatic heterocycles. The maximum atomic E-state index is 12.2. The summed E-state index contributed by atoms with van der Waals surface area (Å²) in [4.78, 5) is 16.3. The molecule has 0 unspecified atom stereocenters. The number of ether oxygens (including phenoxy) is 1. The van der Waals surface area contributed by atoms with Gasteiger partial charge >= 0.3 is 0 Å². The lowest BCUT2D eigenvalue weighted by Crippen LogP contribution is -2.15. The van der Waals surface area contributed by atoms with Crippen molar-refractivity contribution in [1.82, 2.24) is 14.8 Å². The normalized spacial score (nSPS) is 10.5. The number of anilines is 1. The molecule has 2 aromatic heterocycles. The van der Waals surface area contributed by atoms with Crippen LogP contribution in [-0.4, -0.2) is 20.7 Å². The summed E-state index contributed by atoms with van der Waals surface area (Å²) in [5, 5.41) is 7.68. The summed E-state index contributed by atoms with van der Waals surface area (Å²) in [6, 6.07) is 10.3. The van der Waals surface area contributed by atoms with Gasteiger partial charge in [-0.1, -0.05) is 29.3 Å². The Bertz CT molecular complexity index is 891. The number of benzene rings is 1. The van der Waals surface area contributed by atoms with Gasteiger partial charge in [0.05, 0.1) is 10.0 Å². The van der Waals surface area contributed by atoms with Crippen molar-refractivity contribution in [1.29, 1.82) is 0 Å². The van der Waals surface area contributed by atoms with Gasteiger partial charge in [-0.25, -0.2) is 9.67 Å². The highest BCUT2D eigenvalue weighted by molar-refractivity contribution is 6.37. The Morgan fingerprint density at radius 3 is 2.72 bits per heavy atom.